The monoisotopic (exact) mass is 245 g/mol. The number of fused-ring (bicyclic) bond motifs is 1. The van der Waals surface area contributed by atoms with Crippen molar-refractivity contribution in [2.45, 2.75) is 25.7 Å². The Hall–Kier alpha value is -1.35. The van der Waals surface area contributed by atoms with Crippen molar-refractivity contribution in [1.29, 1.82) is 0 Å². The minimum absolute atomic E-state index is 0.102. The van der Waals surface area contributed by atoms with E-state index in [2.05, 4.69) is 0 Å². The second kappa shape index (κ2) is 4.73. The van der Waals surface area contributed by atoms with E-state index in [0.29, 0.717) is 19.1 Å². The zero-order valence-corrected chi connectivity index (χ0v) is 10.5. The highest BCUT2D eigenvalue weighted by Gasteiger charge is 2.34. The smallest absolute Gasteiger partial charge is 0.169 e. The molecule has 2 aliphatic rings. The summed E-state index contributed by atoms with van der Waals surface area (Å²) >= 11 is 0. The molecule has 2 unspecified atom stereocenters. The van der Waals surface area contributed by atoms with E-state index in [4.69, 9.17) is 10.5 Å². The average Bonchev–Trinajstić information content (AvgIpc) is 3.05. The fraction of sp³-hybridized carbons (Fsp3) is 0.533. The molecule has 0 saturated heterocycles. The van der Waals surface area contributed by atoms with E-state index in [9.17, 15) is 4.79 Å². The van der Waals surface area contributed by atoms with Crippen molar-refractivity contribution in [2.75, 3.05) is 13.2 Å². The number of nitrogens with two attached hydrogens (primary N) is 1. The summed E-state index contributed by atoms with van der Waals surface area (Å²) in [7, 11) is 0. The number of carbonyl (C=O) groups is 1. The fourth-order valence-electron chi connectivity index (χ4n) is 3.27. The van der Waals surface area contributed by atoms with Gasteiger partial charge in [0, 0.05) is 12.3 Å². The van der Waals surface area contributed by atoms with Crippen molar-refractivity contribution < 1.29 is 9.53 Å². The SMILES string of the molecule is NCC1CCCC1C(=O)c1cccc2c1OCC2. The van der Waals surface area contributed by atoms with Gasteiger partial charge < -0.3 is 10.5 Å². The molecule has 1 fully saturated rings. The van der Waals surface area contributed by atoms with E-state index >= 15 is 0 Å². The third-order valence-corrected chi connectivity index (χ3v) is 4.28. The van der Waals surface area contributed by atoms with Crippen LogP contribution in [0.2, 0.25) is 0 Å². The van der Waals surface area contributed by atoms with Crippen LogP contribution in [0.5, 0.6) is 5.75 Å². The molecule has 2 atom stereocenters. The predicted octanol–water partition coefficient (Wildman–Crippen LogP) is 2.18. The molecule has 2 N–H and O–H groups in total. The van der Waals surface area contributed by atoms with Crippen LogP contribution in [0.25, 0.3) is 0 Å². The van der Waals surface area contributed by atoms with Crippen molar-refractivity contribution in [3.8, 4) is 5.75 Å². The highest BCUT2D eigenvalue weighted by molar-refractivity contribution is 6.01. The van der Waals surface area contributed by atoms with Crippen LogP contribution < -0.4 is 10.5 Å². The molecular formula is C15H19NO2. The number of benzene rings is 1. The van der Waals surface area contributed by atoms with E-state index in [0.717, 1.165) is 37.0 Å². The molecule has 0 bridgehead atoms. The van der Waals surface area contributed by atoms with E-state index in [-0.39, 0.29) is 11.7 Å². The van der Waals surface area contributed by atoms with Gasteiger partial charge in [-0.1, -0.05) is 18.6 Å². The number of hydrogen-bond acceptors (Lipinski definition) is 3. The molecule has 1 aromatic carbocycles. The molecule has 0 radical (unpaired) electrons. The topological polar surface area (TPSA) is 52.3 Å². The van der Waals surface area contributed by atoms with Crippen LogP contribution in [-0.4, -0.2) is 18.9 Å². The lowest BCUT2D eigenvalue weighted by atomic mass is 9.87. The van der Waals surface area contributed by atoms with Crippen LogP contribution in [0.15, 0.2) is 18.2 Å². The second-order valence-corrected chi connectivity index (χ2v) is 5.29. The van der Waals surface area contributed by atoms with E-state index in [1.165, 1.54) is 5.56 Å². The molecule has 1 aliphatic heterocycles. The summed E-state index contributed by atoms with van der Waals surface area (Å²) in [4.78, 5) is 12.6. The first kappa shape index (κ1) is 11.7. The maximum absolute atomic E-state index is 12.6. The standard InChI is InChI=1S/C15H19NO2/c16-9-11-4-2-5-12(11)14(17)13-6-1-3-10-7-8-18-15(10)13/h1,3,6,11-12H,2,4-5,7-9,16H2. The van der Waals surface area contributed by atoms with Gasteiger partial charge >= 0.3 is 0 Å². The van der Waals surface area contributed by atoms with Gasteiger partial charge in [0.2, 0.25) is 0 Å². The third kappa shape index (κ3) is 1.83. The van der Waals surface area contributed by atoms with Crippen LogP contribution in [0, 0.1) is 11.8 Å². The molecule has 18 heavy (non-hydrogen) atoms. The van der Waals surface area contributed by atoms with Crippen molar-refractivity contribution in [3.63, 3.8) is 0 Å². The minimum Gasteiger partial charge on any atom is -0.492 e. The Morgan fingerprint density at radius 1 is 1.39 bits per heavy atom. The van der Waals surface area contributed by atoms with Gasteiger partial charge in [-0.25, -0.2) is 0 Å². The number of ketones is 1. The predicted molar refractivity (Wildman–Crippen MR) is 69.9 cm³/mol. The molecule has 3 rings (SSSR count). The molecule has 1 aromatic rings. The van der Waals surface area contributed by atoms with Gasteiger partial charge in [-0.15, -0.1) is 0 Å². The molecule has 0 amide bonds. The molecule has 0 spiro atoms. The maximum atomic E-state index is 12.6. The van der Waals surface area contributed by atoms with Crippen molar-refractivity contribution >= 4 is 5.78 Å². The first-order chi connectivity index (χ1) is 8.81. The Morgan fingerprint density at radius 3 is 3.11 bits per heavy atom. The average molecular weight is 245 g/mol. The zero-order valence-electron chi connectivity index (χ0n) is 10.5. The van der Waals surface area contributed by atoms with Gasteiger partial charge in [0.1, 0.15) is 5.75 Å². The summed E-state index contributed by atoms with van der Waals surface area (Å²) in [6, 6.07) is 5.92. The van der Waals surface area contributed by atoms with E-state index in [1.807, 2.05) is 18.2 Å². The molecule has 1 saturated carbocycles. The van der Waals surface area contributed by atoms with Crippen LogP contribution in [-0.2, 0) is 6.42 Å². The molecule has 3 nitrogen and oxygen atoms in total. The molecule has 1 heterocycles. The summed E-state index contributed by atoms with van der Waals surface area (Å²) in [5, 5.41) is 0. The summed E-state index contributed by atoms with van der Waals surface area (Å²) < 4.78 is 5.63. The quantitative estimate of drug-likeness (QED) is 0.830. The number of carbonyl (C=O) groups excluding carboxylic acids is 1. The zero-order chi connectivity index (χ0) is 12.5. The Balaban J connectivity index is 1.91. The minimum atomic E-state index is 0.102. The lowest BCUT2D eigenvalue weighted by Gasteiger charge is -2.17. The van der Waals surface area contributed by atoms with Crippen LogP contribution in [0.1, 0.15) is 35.2 Å². The highest BCUT2D eigenvalue weighted by Crippen LogP contribution is 2.37. The Kier molecular flexibility index (Phi) is 3.08. The third-order valence-electron chi connectivity index (χ3n) is 4.28. The van der Waals surface area contributed by atoms with Gasteiger partial charge in [0.05, 0.1) is 12.2 Å². The second-order valence-electron chi connectivity index (χ2n) is 5.29. The lowest BCUT2D eigenvalue weighted by molar-refractivity contribution is 0.0890. The summed E-state index contributed by atoms with van der Waals surface area (Å²) in [5.41, 5.74) is 7.71. The van der Waals surface area contributed by atoms with Gasteiger partial charge in [0.25, 0.3) is 0 Å². The number of hydrogen-bond donors (Lipinski definition) is 1. The Bertz CT molecular complexity index is 470. The summed E-state index contributed by atoms with van der Waals surface area (Å²) in [6.07, 6.45) is 4.10. The van der Waals surface area contributed by atoms with Gasteiger partial charge in [-0.05, 0) is 36.9 Å². The van der Waals surface area contributed by atoms with Crippen LogP contribution in [0.3, 0.4) is 0 Å². The van der Waals surface area contributed by atoms with E-state index in [1.54, 1.807) is 0 Å². The fourth-order valence-corrected chi connectivity index (χ4v) is 3.27. The molecule has 96 valence electrons. The van der Waals surface area contributed by atoms with Crippen LogP contribution >= 0.6 is 0 Å². The summed E-state index contributed by atoms with van der Waals surface area (Å²) in [6.45, 7) is 1.32. The number of rotatable bonds is 3. The molecular weight excluding hydrogens is 226 g/mol. The highest BCUT2D eigenvalue weighted by atomic mass is 16.5. The number of para-hydroxylation sites is 1. The molecule has 1 aliphatic carbocycles. The van der Waals surface area contributed by atoms with Gasteiger partial charge in [-0.3, -0.25) is 4.79 Å². The largest absolute Gasteiger partial charge is 0.492 e. The number of Topliss-reactive ketones (excluding diaryl/α,β-unsaturated/α-hetero) is 1. The Morgan fingerprint density at radius 2 is 2.28 bits per heavy atom. The Labute approximate surface area is 107 Å². The first-order valence-electron chi connectivity index (χ1n) is 6.80. The van der Waals surface area contributed by atoms with Gasteiger partial charge in [-0.2, -0.15) is 0 Å². The maximum Gasteiger partial charge on any atom is 0.169 e. The van der Waals surface area contributed by atoms with E-state index < -0.39 is 0 Å². The first-order valence-corrected chi connectivity index (χ1v) is 6.80. The number of ether oxygens (including phenoxy) is 1. The van der Waals surface area contributed by atoms with Crippen molar-refractivity contribution in [1.82, 2.24) is 0 Å². The van der Waals surface area contributed by atoms with Crippen molar-refractivity contribution in [3.05, 3.63) is 29.3 Å². The summed E-state index contributed by atoms with van der Waals surface area (Å²) in [5.74, 6) is 1.52. The van der Waals surface area contributed by atoms with Gasteiger partial charge in [0.15, 0.2) is 5.78 Å². The van der Waals surface area contributed by atoms with Crippen molar-refractivity contribution in [2.24, 2.45) is 17.6 Å². The molecule has 0 aromatic heterocycles. The van der Waals surface area contributed by atoms with Crippen LogP contribution in [0.4, 0.5) is 0 Å². The lowest BCUT2D eigenvalue weighted by Crippen LogP contribution is -2.25. The molecule has 3 heteroatoms. The normalized spacial score (nSPS) is 25.8.